The molecule has 0 bridgehead atoms. The Morgan fingerprint density at radius 1 is 1.10 bits per heavy atom. The highest BCUT2D eigenvalue weighted by atomic mass is 16.1. The second kappa shape index (κ2) is 7.74. The third kappa shape index (κ3) is 3.47. The number of tetrazole rings is 1. The van der Waals surface area contributed by atoms with Crippen molar-refractivity contribution in [2.24, 2.45) is 0 Å². The number of aryl methyl sites for hydroxylation is 1. The fraction of sp³-hybridized carbons (Fsp3) is 0.304. The molecular weight excluding hydrogens is 376 g/mol. The summed E-state index contributed by atoms with van der Waals surface area (Å²) in [5.74, 6) is 0.779. The normalized spacial score (nSPS) is 15.7. The van der Waals surface area contributed by atoms with Crippen LogP contribution in [0.2, 0.25) is 0 Å². The van der Waals surface area contributed by atoms with Gasteiger partial charge >= 0.3 is 0 Å². The van der Waals surface area contributed by atoms with Gasteiger partial charge in [-0.3, -0.25) is 4.79 Å². The molecule has 2 N–H and O–H groups in total. The van der Waals surface area contributed by atoms with E-state index in [-0.39, 0.29) is 5.91 Å². The Balaban J connectivity index is 1.75. The highest BCUT2D eigenvalue weighted by Gasteiger charge is 2.34. The number of anilines is 2. The zero-order valence-electron chi connectivity index (χ0n) is 17.9. The lowest BCUT2D eigenvalue weighted by Crippen LogP contribution is -2.31. The van der Waals surface area contributed by atoms with Crippen molar-refractivity contribution in [3.8, 4) is 0 Å². The number of carbonyl (C=O) groups excluding carboxylic acids is 1. The number of carbonyl (C=O) groups is 1. The van der Waals surface area contributed by atoms with Crippen LogP contribution in [0.25, 0.3) is 0 Å². The van der Waals surface area contributed by atoms with Gasteiger partial charge in [-0.15, -0.1) is 0 Å². The number of aromatic nitrogens is 4. The largest absolute Gasteiger partial charge is 0.326 e. The molecule has 1 unspecified atom stereocenters. The first-order chi connectivity index (χ1) is 14.4. The number of fused-ring (bicyclic) bond motifs is 1. The van der Waals surface area contributed by atoms with Crippen molar-refractivity contribution in [2.45, 2.75) is 46.6 Å². The van der Waals surface area contributed by atoms with E-state index in [2.05, 4.69) is 64.3 Å². The number of hydrogen-bond donors (Lipinski definition) is 2. The lowest BCUT2D eigenvalue weighted by Gasteiger charge is -2.28. The minimum Gasteiger partial charge on any atom is -0.326 e. The Morgan fingerprint density at radius 3 is 2.53 bits per heavy atom. The van der Waals surface area contributed by atoms with Gasteiger partial charge in [-0.2, -0.15) is 4.68 Å². The predicted molar refractivity (Wildman–Crippen MR) is 117 cm³/mol. The van der Waals surface area contributed by atoms with E-state index >= 15 is 0 Å². The van der Waals surface area contributed by atoms with Crippen LogP contribution in [-0.2, 0) is 4.79 Å². The Morgan fingerprint density at radius 2 is 1.83 bits per heavy atom. The second-order valence-corrected chi connectivity index (χ2v) is 8.04. The van der Waals surface area contributed by atoms with Crippen molar-refractivity contribution in [3.05, 3.63) is 76.0 Å². The molecule has 7 heteroatoms. The minimum atomic E-state index is -0.414. The third-order valence-electron chi connectivity index (χ3n) is 5.73. The Bertz CT molecular complexity index is 1130. The molecule has 0 saturated heterocycles. The van der Waals surface area contributed by atoms with Gasteiger partial charge in [-0.1, -0.05) is 55.3 Å². The topological polar surface area (TPSA) is 84.7 Å². The quantitative estimate of drug-likeness (QED) is 0.678. The van der Waals surface area contributed by atoms with E-state index in [4.69, 9.17) is 0 Å². The predicted octanol–water partition coefficient (Wildman–Crippen LogP) is 4.34. The standard InChI is InChI=1S/C23H26N6O/c1-13(2)17-9-11-18(12-10-17)21-20(16(5)24-23-26-27-28-29(21)23)22(30)25-19-8-6-7-14(3)15(19)4/h6-13,21H,1-5H3,(H,25,30)(H,24,26,28). The molecule has 1 atom stereocenters. The van der Waals surface area contributed by atoms with Crippen LogP contribution in [0.5, 0.6) is 0 Å². The van der Waals surface area contributed by atoms with E-state index < -0.39 is 6.04 Å². The van der Waals surface area contributed by atoms with Crippen molar-refractivity contribution in [1.82, 2.24) is 20.2 Å². The number of nitrogens with one attached hydrogen (secondary N) is 2. The number of allylic oxidation sites excluding steroid dienone is 1. The molecule has 0 fully saturated rings. The number of rotatable bonds is 4. The minimum absolute atomic E-state index is 0.173. The molecule has 1 amide bonds. The maximum absolute atomic E-state index is 13.4. The van der Waals surface area contributed by atoms with Gasteiger partial charge in [0.15, 0.2) is 0 Å². The summed E-state index contributed by atoms with van der Waals surface area (Å²) in [6, 6.07) is 13.8. The third-order valence-corrected chi connectivity index (χ3v) is 5.73. The van der Waals surface area contributed by atoms with Gasteiger partial charge in [0, 0.05) is 11.4 Å². The average Bonchev–Trinajstić information content (AvgIpc) is 3.18. The number of benzene rings is 2. The molecule has 1 aromatic heterocycles. The molecule has 1 aliphatic rings. The van der Waals surface area contributed by atoms with Gasteiger partial charge in [-0.25, -0.2) is 0 Å². The smallest absolute Gasteiger partial charge is 0.255 e. The summed E-state index contributed by atoms with van der Waals surface area (Å²) in [7, 11) is 0. The second-order valence-electron chi connectivity index (χ2n) is 8.04. The van der Waals surface area contributed by atoms with Crippen molar-refractivity contribution in [2.75, 3.05) is 10.6 Å². The van der Waals surface area contributed by atoms with Crippen LogP contribution in [0, 0.1) is 13.8 Å². The fourth-order valence-electron chi connectivity index (χ4n) is 3.75. The van der Waals surface area contributed by atoms with Gasteiger partial charge < -0.3 is 10.6 Å². The molecule has 0 aliphatic carbocycles. The van der Waals surface area contributed by atoms with E-state index in [9.17, 15) is 4.79 Å². The van der Waals surface area contributed by atoms with Crippen LogP contribution in [0.1, 0.15) is 55.0 Å². The highest BCUT2D eigenvalue weighted by molar-refractivity contribution is 6.06. The Hall–Kier alpha value is -3.48. The molecule has 4 rings (SSSR count). The number of nitrogens with zero attached hydrogens (tertiary/aromatic N) is 4. The maximum atomic E-state index is 13.4. The molecule has 1 aliphatic heterocycles. The van der Waals surface area contributed by atoms with Crippen LogP contribution in [-0.4, -0.2) is 26.1 Å². The van der Waals surface area contributed by atoms with Crippen molar-refractivity contribution in [3.63, 3.8) is 0 Å². The van der Waals surface area contributed by atoms with Crippen LogP contribution in [0.15, 0.2) is 53.7 Å². The lowest BCUT2D eigenvalue weighted by atomic mass is 9.92. The number of amides is 1. The van der Waals surface area contributed by atoms with Crippen molar-refractivity contribution >= 4 is 17.5 Å². The molecule has 2 heterocycles. The summed E-state index contributed by atoms with van der Waals surface area (Å²) in [6.45, 7) is 10.2. The van der Waals surface area contributed by atoms with Crippen LogP contribution >= 0.6 is 0 Å². The monoisotopic (exact) mass is 402 g/mol. The molecule has 30 heavy (non-hydrogen) atoms. The zero-order valence-corrected chi connectivity index (χ0v) is 17.9. The molecule has 2 aromatic carbocycles. The molecular formula is C23H26N6O. The van der Waals surface area contributed by atoms with Gasteiger partial charge in [0.25, 0.3) is 5.91 Å². The summed E-state index contributed by atoms with van der Waals surface area (Å²) in [5.41, 5.74) is 6.51. The van der Waals surface area contributed by atoms with E-state index in [1.807, 2.05) is 39.0 Å². The van der Waals surface area contributed by atoms with Crippen LogP contribution in [0.4, 0.5) is 11.6 Å². The van der Waals surface area contributed by atoms with Gasteiger partial charge in [0.1, 0.15) is 6.04 Å². The van der Waals surface area contributed by atoms with E-state index in [1.165, 1.54) is 5.56 Å². The van der Waals surface area contributed by atoms with Crippen molar-refractivity contribution < 1.29 is 4.79 Å². The highest BCUT2D eigenvalue weighted by Crippen LogP contribution is 2.35. The van der Waals surface area contributed by atoms with Gasteiger partial charge in [0.05, 0.1) is 5.57 Å². The molecule has 3 aromatic rings. The molecule has 0 spiro atoms. The summed E-state index contributed by atoms with van der Waals surface area (Å²) < 4.78 is 1.66. The van der Waals surface area contributed by atoms with E-state index in [0.29, 0.717) is 17.4 Å². The van der Waals surface area contributed by atoms with Crippen molar-refractivity contribution in [1.29, 1.82) is 0 Å². The van der Waals surface area contributed by atoms with E-state index in [1.54, 1.807) is 4.68 Å². The first kappa shape index (κ1) is 19.8. The molecule has 154 valence electrons. The summed E-state index contributed by atoms with van der Waals surface area (Å²) in [4.78, 5) is 13.4. The van der Waals surface area contributed by atoms with E-state index in [0.717, 1.165) is 28.1 Å². The first-order valence-electron chi connectivity index (χ1n) is 10.1. The molecule has 0 saturated carbocycles. The lowest BCUT2D eigenvalue weighted by molar-refractivity contribution is -0.113. The zero-order chi connectivity index (χ0) is 21.4. The van der Waals surface area contributed by atoms with Gasteiger partial charge in [0.2, 0.25) is 5.95 Å². The Labute approximate surface area is 176 Å². The molecule has 7 nitrogen and oxygen atoms in total. The summed E-state index contributed by atoms with van der Waals surface area (Å²) >= 11 is 0. The van der Waals surface area contributed by atoms with Crippen LogP contribution in [0.3, 0.4) is 0 Å². The average molecular weight is 403 g/mol. The summed E-state index contributed by atoms with van der Waals surface area (Å²) in [5, 5.41) is 18.3. The van der Waals surface area contributed by atoms with Gasteiger partial charge in [-0.05, 0) is 65.4 Å². The number of hydrogen-bond acceptors (Lipinski definition) is 5. The summed E-state index contributed by atoms with van der Waals surface area (Å²) in [6.07, 6.45) is 0. The fourth-order valence-corrected chi connectivity index (χ4v) is 3.75. The van der Waals surface area contributed by atoms with Crippen LogP contribution < -0.4 is 10.6 Å². The Kier molecular flexibility index (Phi) is 5.11. The first-order valence-corrected chi connectivity index (χ1v) is 10.1. The maximum Gasteiger partial charge on any atom is 0.255 e. The molecule has 0 radical (unpaired) electrons. The SMILES string of the molecule is CC1=C(C(=O)Nc2cccc(C)c2C)C(c2ccc(C(C)C)cc2)n2nnnc2N1.